The van der Waals surface area contributed by atoms with E-state index in [9.17, 15) is 4.79 Å². The van der Waals surface area contributed by atoms with Gasteiger partial charge in [-0.15, -0.1) is 0 Å². The molecule has 0 amide bonds. The molecule has 1 unspecified atom stereocenters. The third-order valence-electron chi connectivity index (χ3n) is 4.65. The van der Waals surface area contributed by atoms with Crippen LogP contribution in [0, 0.1) is 0 Å². The lowest BCUT2D eigenvalue weighted by molar-refractivity contribution is -0.147. The second-order valence-corrected chi connectivity index (χ2v) is 12.6. The second-order valence-electron chi connectivity index (χ2n) is 7.83. The van der Waals surface area contributed by atoms with Crippen LogP contribution in [0.5, 0.6) is 0 Å². The average Bonchev–Trinajstić information content (AvgIpc) is 2.36. The molecule has 132 valence electrons. The normalized spacial score (nSPS) is 14.0. The monoisotopic (exact) mass is 330 g/mol. The van der Waals surface area contributed by atoms with E-state index in [2.05, 4.69) is 40.8 Å². The van der Waals surface area contributed by atoms with E-state index in [0.717, 1.165) is 38.7 Å². The van der Waals surface area contributed by atoms with E-state index in [0.29, 0.717) is 0 Å². The number of hydrogen-bond donors (Lipinski definition) is 0. The first-order chi connectivity index (χ1) is 10.1. The summed E-state index contributed by atoms with van der Waals surface area (Å²) in [6, 6.07) is 0. The Balaban J connectivity index is 3.99. The molecule has 0 radical (unpaired) electrons. The first-order valence-electron chi connectivity index (χ1n) is 8.91. The van der Waals surface area contributed by atoms with E-state index < -0.39 is 8.32 Å². The van der Waals surface area contributed by atoms with Crippen LogP contribution in [0.4, 0.5) is 0 Å². The SMILES string of the molecule is CCCCCC(CCCCO[Si](C)(C)C(C)(C)C)OC(C)=O. The van der Waals surface area contributed by atoms with E-state index in [1.807, 2.05) is 0 Å². The Bertz CT molecular complexity index is 308. The Kier molecular flexibility index (Phi) is 10.3. The largest absolute Gasteiger partial charge is 0.463 e. The van der Waals surface area contributed by atoms with Crippen LogP contribution in [0.25, 0.3) is 0 Å². The molecule has 3 nitrogen and oxygen atoms in total. The summed E-state index contributed by atoms with van der Waals surface area (Å²) in [6.07, 6.45) is 7.74. The number of carbonyl (C=O) groups excluding carboxylic acids is 1. The van der Waals surface area contributed by atoms with Crippen LogP contribution >= 0.6 is 0 Å². The van der Waals surface area contributed by atoms with Crippen LogP contribution in [-0.4, -0.2) is 27.0 Å². The quantitative estimate of drug-likeness (QED) is 0.277. The molecule has 0 heterocycles. The Labute approximate surface area is 139 Å². The highest BCUT2D eigenvalue weighted by Crippen LogP contribution is 2.36. The molecule has 0 aliphatic carbocycles. The number of carbonyl (C=O) groups is 1. The summed E-state index contributed by atoms with van der Waals surface area (Å²) in [4.78, 5) is 11.2. The van der Waals surface area contributed by atoms with Gasteiger partial charge in [-0.25, -0.2) is 0 Å². The average molecular weight is 331 g/mol. The number of hydrogen-bond acceptors (Lipinski definition) is 3. The van der Waals surface area contributed by atoms with Crippen molar-refractivity contribution >= 4 is 14.3 Å². The number of rotatable bonds is 11. The fourth-order valence-electron chi connectivity index (χ4n) is 2.14. The number of ether oxygens (including phenoxy) is 1. The van der Waals surface area contributed by atoms with Crippen molar-refractivity contribution in [3.8, 4) is 0 Å². The van der Waals surface area contributed by atoms with Crippen LogP contribution in [0.15, 0.2) is 0 Å². The van der Waals surface area contributed by atoms with Crippen molar-refractivity contribution in [2.24, 2.45) is 0 Å². The fourth-order valence-corrected chi connectivity index (χ4v) is 3.22. The molecule has 0 saturated heterocycles. The van der Waals surface area contributed by atoms with E-state index in [1.165, 1.54) is 19.8 Å². The Morgan fingerprint density at radius 2 is 1.59 bits per heavy atom. The van der Waals surface area contributed by atoms with Gasteiger partial charge in [-0.2, -0.15) is 0 Å². The van der Waals surface area contributed by atoms with Crippen LogP contribution in [0.2, 0.25) is 18.1 Å². The van der Waals surface area contributed by atoms with E-state index in [4.69, 9.17) is 9.16 Å². The zero-order chi connectivity index (χ0) is 17.2. The maximum absolute atomic E-state index is 11.2. The smallest absolute Gasteiger partial charge is 0.302 e. The van der Waals surface area contributed by atoms with Gasteiger partial charge in [0.15, 0.2) is 8.32 Å². The molecule has 0 fully saturated rings. The van der Waals surface area contributed by atoms with Gasteiger partial charge in [0.25, 0.3) is 0 Å². The molecule has 0 aromatic heterocycles. The van der Waals surface area contributed by atoms with E-state index in [-0.39, 0.29) is 17.1 Å². The predicted molar refractivity (Wildman–Crippen MR) is 96.7 cm³/mol. The summed E-state index contributed by atoms with van der Waals surface area (Å²) in [5.74, 6) is -0.154. The topological polar surface area (TPSA) is 35.5 Å². The Morgan fingerprint density at radius 3 is 2.05 bits per heavy atom. The maximum atomic E-state index is 11.2. The van der Waals surface area contributed by atoms with Crippen LogP contribution in [-0.2, 0) is 14.0 Å². The number of esters is 1. The zero-order valence-electron chi connectivity index (χ0n) is 16.0. The highest BCUT2D eigenvalue weighted by atomic mass is 28.4. The lowest BCUT2D eigenvalue weighted by Gasteiger charge is -2.36. The first-order valence-corrected chi connectivity index (χ1v) is 11.8. The lowest BCUT2D eigenvalue weighted by atomic mass is 10.1. The molecular weight excluding hydrogens is 292 g/mol. The van der Waals surface area contributed by atoms with Gasteiger partial charge in [0.05, 0.1) is 0 Å². The standard InChI is InChI=1S/C18H38O3Si/c1-8-9-10-13-17(21-16(2)19)14-11-12-15-20-22(6,7)18(3,4)5/h17H,8-15H2,1-7H3. The van der Waals surface area contributed by atoms with Crippen LogP contribution in [0.3, 0.4) is 0 Å². The summed E-state index contributed by atoms with van der Waals surface area (Å²) in [6.45, 7) is 15.9. The third kappa shape index (κ3) is 9.62. The molecule has 22 heavy (non-hydrogen) atoms. The highest BCUT2D eigenvalue weighted by molar-refractivity contribution is 6.74. The van der Waals surface area contributed by atoms with Gasteiger partial charge in [-0.05, 0) is 50.2 Å². The Hall–Kier alpha value is -0.353. The summed E-state index contributed by atoms with van der Waals surface area (Å²) in [5.41, 5.74) is 0. The predicted octanol–water partition coefficient (Wildman–Crippen LogP) is 5.69. The summed E-state index contributed by atoms with van der Waals surface area (Å²) < 4.78 is 11.6. The molecule has 0 spiro atoms. The van der Waals surface area contributed by atoms with Gasteiger partial charge in [0, 0.05) is 13.5 Å². The molecule has 0 N–H and O–H groups in total. The molecule has 0 aliphatic rings. The van der Waals surface area contributed by atoms with Crippen molar-refractivity contribution in [3.05, 3.63) is 0 Å². The van der Waals surface area contributed by atoms with Gasteiger partial charge in [-0.1, -0.05) is 40.5 Å². The Morgan fingerprint density at radius 1 is 1.05 bits per heavy atom. The third-order valence-corrected chi connectivity index (χ3v) is 9.19. The van der Waals surface area contributed by atoms with Gasteiger partial charge >= 0.3 is 5.97 Å². The zero-order valence-corrected chi connectivity index (χ0v) is 17.0. The van der Waals surface area contributed by atoms with Gasteiger partial charge in [0.2, 0.25) is 0 Å². The summed E-state index contributed by atoms with van der Waals surface area (Å²) in [7, 11) is -1.62. The molecule has 0 aliphatic heterocycles. The molecule has 0 bridgehead atoms. The van der Waals surface area contributed by atoms with Crippen LogP contribution in [0.1, 0.15) is 79.6 Å². The van der Waals surface area contributed by atoms with Crippen molar-refractivity contribution in [1.82, 2.24) is 0 Å². The minimum atomic E-state index is -1.62. The van der Waals surface area contributed by atoms with Crippen molar-refractivity contribution in [2.75, 3.05) is 6.61 Å². The minimum absolute atomic E-state index is 0.0944. The van der Waals surface area contributed by atoms with Gasteiger partial charge in [-0.3, -0.25) is 4.79 Å². The van der Waals surface area contributed by atoms with Crippen LogP contribution < -0.4 is 0 Å². The van der Waals surface area contributed by atoms with Gasteiger partial charge < -0.3 is 9.16 Å². The maximum Gasteiger partial charge on any atom is 0.302 e. The molecule has 0 aromatic carbocycles. The van der Waals surface area contributed by atoms with Crippen molar-refractivity contribution < 1.29 is 14.0 Å². The lowest BCUT2D eigenvalue weighted by Crippen LogP contribution is -2.40. The van der Waals surface area contributed by atoms with Crippen molar-refractivity contribution in [1.29, 1.82) is 0 Å². The van der Waals surface area contributed by atoms with E-state index in [1.54, 1.807) is 0 Å². The molecule has 1 atom stereocenters. The van der Waals surface area contributed by atoms with Crippen molar-refractivity contribution in [2.45, 2.75) is 104 Å². The van der Waals surface area contributed by atoms with E-state index >= 15 is 0 Å². The highest BCUT2D eigenvalue weighted by Gasteiger charge is 2.36. The molecular formula is C18H38O3Si. The molecule has 0 saturated carbocycles. The minimum Gasteiger partial charge on any atom is -0.463 e. The first kappa shape index (κ1) is 21.6. The second kappa shape index (κ2) is 10.4. The number of unbranched alkanes of at least 4 members (excludes halogenated alkanes) is 3. The molecule has 0 rings (SSSR count). The molecule has 0 aromatic rings. The van der Waals surface area contributed by atoms with Crippen molar-refractivity contribution in [3.63, 3.8) is 0 Å². The summed E-state index contributed by atoms with van der Waals surface area (Å²) >= 11 is 0. The van der Waals surface area contributed by atoms with Gasteiger partial charge in [0.1, 0.15) is 6.10 Å². The fraction of sp³-hybridized carbons (Fsp3) is 0.944. The molecule has 4 heteroatoms. The summed E-state index contributed by atoms with van der Waals surface area (Å²) in [5, 5.41) is 0.271.